The molecule has 1 aromatic carbocycles. The third-order valence-electron chi connectivity index (χ3n) is 2.74. The average Bonchev–Trinajstić information content (AvgIpc) is 2.19. The molecule has 0 saturated heterocycles. The fourth-order valence-electron chi connectivity index (χ4n) is 2.00. The van der Waals surface area contributed by atoms with Crippen LogP contribution in [0.3, 0.4) is 0 Å². The summed E-state index contributed by atoms with van der Waals surface area (Å²) in [5.74, 6) is -0.900. The summed E-state index contributed by atoms with van der Waals surface area (Å²) >= 11 is 0. The molecule has 2 heteroatoms. The number of hydrogen-bond donors (Lipinski definition) is 1. The fraction of sp³-hybridized carbons (Fsp3) is 0.462. The Morgan fingerprint density at radius 2 is 1.93 bits per heavy atom. The molecule has 0 radical (unpaired) electrons. The first-order valence-electron chi connectivity index (χ1n) is 5.44. The second-order valence-corrected chi connectivity index (χ2v) is 3.99. The molecule has 0 fully saturated rings. The molecule has 0 aliphatic heterocycles. The molecule has 0 spiro atoms. The van der Waals surface area contributed by atoms with E-state index >= 15 is 0 Å². The zero-order valence-corrected chi connectivity index (χ0v) is 9.31. The van der Waals surface area contributed by atoms with E-state index in [1.807, 2.05) is 37.3 Å². The molecule has 82 valence electrons. The maximum absolute atomic E-state index is 11.2. The van der Waals surface area contributed by atoms with Crippen molar-refractivity contribution in [2.24, 2.45) is 5.92 Å². The maximum Gasteiger partial charge on any atom is 0.311 e. The number of hydrogen-bond acceptors (Lipinski definition) is 1. The Hall–Kier alpha value is -1.31. The van der Waals surface area contributed by atoms with E-state index in [9.17, 15) is 9.90 Å². The van der Waals surface area contributed by atoms with Gasteiger partial charge in [-0.05, 0) is 17.9 Å². The molecule has 15 heavy (non-hydrogen) atoms. The minimum atomic E-state index is -0.720. The van der Waals surface area contributed by atoms with Gasteiger partial charge < -0.3 is 5.11 Å². The van der Waals surface area contributed by atoms with Gasteiger partial charge in [-0.2, -0.15) is 0 Å². The summed E-state index contributed by atoms with van der Waals surface area (Å²) in [7, 11) is 0. The highest BCUT2D eigenvalue weighted by Gasteiger charge is 2.25. The minimum Gasteiger partial charge on any atom is -0.481 e. The number of benzene rings is 1. The molecular weight excluding hydrogens is 188 g/mol. The van der Waals surface area contributed by atoms with Crippen LogP contribution in [0.5, 0.6) is 0 Å². The van der Waals surface area contributed by atoms with Crippen molar-refractivity contribution >= 4 is 5.97 Å². The van der Waals surface area contributed by atoms with Crippen molar-refractivity contribution in [2.75, 3.05) is 0 Å². The van der Waals surface area contributed by atoms with Crippen LogP contribution in [-0.2, 0) is 4.79 Å². The van der Waals surface area contributed by atoms with E-state index in [1.165, 1.54) is 0 Å². The van der Waals surface area contributed by atoms with Crippen molar-refractivity contribution in [3.8, 4) is 0 Å². The van der Waals surface area contributed by atoms with E-state index < -0.39 is 5.97 Å². The summed E-state index contributed by atoms with van der Waals surface area (Å²) in [6.45, 7) is 4.09. The van der Waals surface area contributed by atoms with Crippen molar-refractivity contribution in [1.29, 1.82) is 0 Å². The first kappa shape index (κ1) is 11.8. The second-order valence-electron chi connectivity index (χ2n) is 3.99. The van der Waals surface area contributed by atoms with Crippen molar-refractivity contribution < 1.29 is 9.90 Å². The molecular formula is C13H18O2. The van der Waals surface area contributed by atoms with Crippen LogP contribution in [0.2, 0.25) is 0 Å². The van der Waals surface area contributed by atoms with Gasteiger partial charge in [0.05, 0.1) is 5.92 Å². The smallest absolute Gasteiger partial charge is 0.311 e. The monoisotopic (exact) mass is 206 g/mol. The molecule has 0 saturated carbocycles. The summed E-state index contributed by atoms with van der Waals surface area (Å²) in [5.41, 5.74) is 0.908. The Labute approximate surface area is 90.9 Å². The van der Waals surface area contributed by atoms with Crippen LogP contribution in [0.4, 0.5) is 0 Å². The molecule has 2 atom stereocenters. The first-order chi connectivity index (χ1) is 7.16. The van der Waals surface area contributed by atoms with Gasteiger partial charge in [0.2, 0.25) is 0 Å². The van der Waals surface area contributed by atoms with Crippen LogP contribution >= 0.6 is 0 Å². The van der Waals surface area contributed by atoms with E-state index in [2.05, 4.69) is 6.92 Å². The third kappa shape index (κ3) is 3.08. The molecule has 0 aliphatic carbocycles. The second kappa shape index (κ2) is 5.54. The van der Waals surface area contributed by atoms with Gasteiger partial charge >= 0.3 is 5.97 Å². The molecule has 1 aromatic rings. The molecule has 1 rings (SSSR count). The number of aliphatic carboxylic acids is 1. The summed E-state index contributed by atoms with van der Waals surface area (Å²) in [4.78, 5) is 11.2. The Morgan fingerprint density at radius 3 is 2.40 bits per heavy atom. The summed E-state index contributed by atoms with van der Waals surface area (Å²) in [6.07, 6.45) is 1.98. The topological polar surface area (TPSA) is 37.3 Å². The summed E-state index contributed by atoms with van der Waals surface area (Å²) < 4.78 is 0. The maximum atomic E-state index is 11.2. The minimum absolute atomic E-state index is 0.190. The number of carboxylic acids is 1. The van der Waals surface area contributed by atoms with Crippen molar-refractivity contribution in [1.82, 2.24) is 0 Å². The first-order valence-corrected chi connectivity index (χ1v) is 5.44. The van der Waals surface area contributed by atoms with Crippen LogP contribution < -0.4 is 0 Å². The molecule has 1 N–H and O–H groups in total. The predicted octanol–water partition coefficient (Wildman–Crippen LogP) is 3.29. The van der Waals surface area contributed by atoms with E-state index in [0.29, 0.717) is 0 Å². The molecule has 0 aromatic heterocycles. The van der Waals surface area contributed by atoms with Crippen molar-refractivity contribution in [3.05, 3.63) is 35.9 Å². The van der Waals surface area contributed by atoms with Gasteiger partial charge in [-0.3, -0.25) is 4.79 Å². The van der Waals surface area contributed by atoms with Crippen LogP contribution in [0.15, 0.2) is 30.3 Å². The Morgan fingerprint density at radius 1 is 1.33 bits per heavy atom. The van der Waals surface area contributed by atoms with Crippen molar-refractivity contribution in [2.45, 2.75) is 32.6 Å². The highest BCUT2D eigenvalue weighted by Crippen LogP contribution is 2.27. The van der Waals surface area contributed by atoms with Gasteiger partial charge in [0.1, 0.15) is 0 Å². The van der Waals surface area contributed by atoms with Crippen LogP contribution in [0.1, 0.15) is 38.2 Å². The van der Waals surface area contributed by atoms with E-state index in [0.717, 1.165) is 18.4 Å². The van der Waals surface area contributed by atoms with Gasteiger partial charge in [0.25, 0.3) is 0 Å². The lowest BCUT2D eigenvalue weighted by molar-refractivity contribution is -0.140. The van der Waals surface area contributed by atoms with Gasteiger partial charge in [-0.15, -0.1) is 0 Å². The lowest BCUT2D eigenvalue weighted by atomic mass is 9.85. The quantitative estimate of drug-likeness (QED) is 0.802. The highest BCUT2D eigenvalue weighted by atomic mass is 16.4. The largest absolute Gasteiger partial charge is 0.481 e. The fourth-order valence-corrected chi connectivity index (χ4v) is 2.00. The normalized spacial score (nSPS) is 14.5. The Bertz CT molecular complexity index is 306. The van der Waals surface area contributed by atoms with Gasteiger partial charge in [0.15, 0.2) is 0 Å². The van der Waals surface area contributed by atoms with E-state index in [-0.39, 0.29) is 11.8 Å². The lowest BCUT2D eigenvalue weighted by Gasteiger charge is -2.19. The van der Waals surface area contributed by atoms with Crippen LogP contribution in [0, 0.1) is 5.92 Å². The van der Waals surface area contributed by atoms with Gasteiger partial charge in [0, 0.05) is 0 Å². The Balaban J connectivity index is 2.88. The van der Waals surface area contributed by atoms with E-state index in [1.54, 1.807) is 0 Å². The van der Waals surface area contributed by atoms with E-state index in [4.69, 9.17) is 0 Å². The molecule has 0 bridgehead atoms. The molecule has 2 nitrogen and oxygen atoms in total. The number of carboxylic acid groups (broad SMARTS) is 1. The standard InChI is InChI=1S/C13H18O2/c1-3-7-10(2)12(13(14)15)11-8-5-4-6-9-11/h4-6,8-10,12H,3,7H2,1-2H3,(H,14,15). The molecule has 0 heterocycles. The zero-order chi connectivity index (χ0) is 11.3. The number of carbonyl (C=O) groups is 1. The summed E-state index contributed by atoms with van der Waals surface area (Å²) in [5, 5.41) is 9.22. The van der Waals surface area contributed by atoms with Gasteiger partial charge in [-0.1, -0.05) is 50.6 Å². The molecule has 0 amide bonds. The summed E-state index contributed by atoms with van der Waals surface area (Å²) in [6, 6.07) is 9.48. The molecule has 0 aliphatic rings. The Kier molecular flexibility index (Phi) is 4.35. The van der Waals surface area contributed by atoms with Gasteiger partial charge in [-0.25, -0.2) is 0 Å². The molecule has 2 unspecified atom stereocenters. The average molecular weight is 206 g/mol. The zero-order valence-electron chi connectivity index (χ0n) is 9.31. The predicted molar refractivity (Wildman–Crippen MR) is 60.9 cm³/mol. The van der Waals surface area contributed by atoms with Crippen LogP contribution in [0.25, 0.3) is 0 Å². The lowest BCUT2D eigenvalue weighted by Crippen LogP contribution is -2.19. The third-order valence-corrected chi connectivity index (χ3v) is 2.74. The SMILES string of the molecule is CCCC(C)C(C(=O)O)c1ccccc1. The number of rotatable bonds is 5. The van der Waals surface area contributed by atoms with Crippen LogP contribution in [-0.4, -0.2) is 11.1 Å². The highest BCUT2D eigenvalue weighted by molar-refractivity contribution is 5.76. The van der Waals surface area contributed by atoms with Crippen molar-refractivity contribution in [3.63, 3.8) is 0 Å².